The Morgan fingerprint density at radius 1 is 0.410 bits per heavy atom. The van der Waals surface area contributed by atoms with E-state index in [1.807, 2.05) is 36.4 Å². The zero-order chi connectivity index (χ0) is 92.4. The van der Waals surface area contributed by atoms with Gasteiger partial charge in [-0.25, -0.2) is 4.85 Å². The molecule has 708 valence electrons. The summed E-state index contributed by atoms with van der Waals surface area (Å²) in [5.74, 6) is 4.67. The maximum atomic E-state index is 12.9. The maximum absolute atomic E-state index is 12.9. The number of aromatic hydroxyl groups is 2. The van der Waals surface area contributed by atoms with Gasteiger partial charge in [0.25, 0.3) is 11.8 Å². The van der Waals surface area contributed by atoms with Crippen LogP contribution in [-0.4, -0.2) is 264 Å². The van der Waals surface area contributed by atoms with E-state index in [9.17, 15) is 77.7 Å². The molecular weight excluding hydrogens is 1730 g/mol. The van der Waals surface area contributed by atoms with Crippen molar-refractivity contribution in [1.82, 2.24) is 24.5 Å². The first-order valence-corrected chi connectivity index (χ1v) is 51.7. The Kier molecular flexibility index (Phi) is 19.1. The number of carbonyl (C=O) groups excluding carboxylic acids is 7. The van der Waals surface area contributed by atoms with E-state index >= 15 is 0 Å². The van der Waals surface area contributed by atoms with Crippen LogP contribution in [0.25, 0.3) is 4.85 Å². The van der Waals surface area contributed by atoms with E-state index in [2.05, 4.69) is 29.3 Å². The Labute approximate surface area is 778 Å². The number of carbonyl (C=O) groups is 7. The Morgan fingerprint density at radius 3 is 1.13 bits per heavy atom. The van der Waals surface area contributed by atoms with Crippen molar-refractivity contribution in [2.45, 2.75) is 309 Å². The molecule has 4 spiro atoms. The molecule has 30 heteroatoms. The van der Waals surface area contributed by atoms with Crippen LogP contribution in [0.2, 0.25) is 0 Å². The predicted octanol–water partition coefficient (Wildman–Crippen LogP) is 7.23. The van der Waals surface area contributed by atoms with Crippen molar-refractivity contribution in [3.05, 3.63) is 139 Å². The lowest BCUT2D eigenvalue weighted by atomic mass is 9.49. The minimum Gasteiger partial charge on any atom is -0.507 e. The number of phenols is 2. The van der Waals surface area contributed by atoms with Crippen molar-refractivity contribution in [1.29, 1.82) is 0 Å². The van der Waals surface area contributed by atoms with Crippen molar-refractivity contribution >= 4 is 56.5 Å². The van der Waals surface area contributed by atoms with Gasteiger partial charge in [0.1, 0.15) is 23.0 Å². The van der Waals surface area contributed by atoms with Crippen LogP contribution in [0.15, 0.2) is 60.7 Å². The summed E-state index contributed by atoms with van der Waals surface area (Å²) in [5.41, 5.74) is 12.8. The number of Topliss-reactive ketones (excluding diaryl/α,β-unsaturated/α-hetero) is 5. The number of ketones is 5. The molecular formula is C104H120N8O21S. The average molecular weight is 1850 g/mol. The third-order valence-corrected chi connectivity index (χ3v) is 38.9. The fourth-order valence-electron chi connectivity index (χ4n) is 31.6. The first-order valence-electron chi connectivity index (χ1n) is 49.8. The van der Waals surface area contributed by atoms with Gasteiger partial charge in [0.05, 0.1) is 73.6 Å². The fraction of sp³-hybridized carbons (Fsp3) is 0.635. The number of fused-ring (bicyclic) bond motifs is 1. The lowest BCUT2D eigenvalue weighted by Crippen LogP contribution is -2.76. The minimum atomic E-state index is -3.74. The Hall–Kier alpha value is -8.97. The molecule has 15 fully saturated rings. The average Bonchev–Trinajstić information content (AvgIpc) is 1.52. The molecule has 19 atom stereocenters. The Balaban J connectivity index is 0.0000000896. The molecule has 0 aromatic heterocycles. The molecule has 0 radical (unpaired) electrons. The smallest absolute Gasteiger partial charge is 0.306 e. The second-order valence-electron chi connectivity index (χ2n) is 45.1. The summed E-state index contributed by atoms with van der Waals surface area (Å²) in [7, 11) is -3.74. The highest BCUT2D eigenvalue weighted by molar-refractivity contribution is 7.86. The van der Waals surface area contributed by atoms with E-state index in [-0.39, 0.29) is 94.8 Å². The van der Waals surface area contributed by atoms with Gasteiger partial charge >= 0.3 is 10.1 Å². The standard InChI is InChI=1S/C21H24N2O4.C21H26N2O4.C21H22N2O3.C21H25NO6S.C20H23NO4/c22-19(25)13-4-3-12-9-15-21(26)6-5-14(24)18-20(21,16(12)17(13)27-18)7-8-23(15)10-11-1-2-11;22-19(26)15-4-3-13-9-16-21(27)6-5-14(24)10-20(21,17(13)18(15)25)7-8-23(16)11-12-1-2-12;1-22-14-5-4-13-10-16-21(25)7-6-15(24)19-20(21,17(13)18(14)26-19)8-9-23(16)11-12-2-3-12;1-29(25,26)28-15-5-4-13-10-16-21(24)7-6-14(23)19-20(21,17(13)18(15)27-19)8-9-22(16)11-12-2-3-12;22-13-4-3-12-9-15-20(24)6-5-14(23)18-19(20,16(12)17(13)25-18)7-8-21(15)10-11-1-2-11/h3-4,11,15,18,26H,1-2,5-10H2,(H2,22,25);3-4,12,16,25,27H,1-2,5-11H2,(H2,22,26);4-5,12,16,19,25H,2-3,6-11H2;4-5,12,16,19,24H,2-3,6-11H2,1H3;3-4,11,15,18,22,24H,1-2,5-10H2/t15-,18?,20+,21?;16-,20-,21?;2*16-,19?,20+,21?;15-,18?,19+,20?/m11111/s1. The highest BCUT2D eigenvalue weighted by atomic mass is 32.2. The van der Waals surface area contributed by atoms with Gasteiger partial charge in [-0.2, -0.15) is 8.42 Å². The molecule has 9 unspecified atom stereocenters. The lowest BCUT2D eigenvalue weighted by molar-refractivity contribution is -0.188. The summed E-state index contributed by atoms with van der Waals surface area (Å²) in [6, 6.07) is 18.1. The number of nitrogens with two attached hydrogens (primary N) is 2. The lowest BCUT2D eigenvalue weighted by Gasteiger charge is -2.63. The number of primary amides is 2. The zero-order valence-electron chi connectivity index (χ0n) is 75.9. The second-order valence-corrected chi connectivity index (χ2v) is 46.7. The van der Waals surface area contributed by atoms with Gasteiger partial charge in [-0.15, -0.1) is 0 Å². The van der Waals surface area contributed by atoms with Crippen molar-refractivity contribution in [3.8, 4) is 40.2 Å². The summed E-state index contributed by atoms with van der Waals surface area (Å²) in [6.45, 7) is 16.9. The third-order valence-electron chi connectivity index (χ3n) is 38.4. The number of hydrogen-bond donors (Lipinski definition) is 9. The highest BCUT2D eigenvalue weighted by Crippen LogP contribution is 2.71. The van der Waals surface area contributed by atoms with Gasteiger partial charge in [-0.3, -0.25) is 58.1 Å². The van der Waals surface area contributed by atoms with E-state index < -0.39 is 101 Å². The molecule has 9 aliphatic heterocycles. The third kappa shape index (κ3) is 11.9. The van der Waals surface area contributed by atoms with Crippen molar-refractivity contribution < 1.29 is 101 Å². The van der Waals surface area contributed by atoms with E-state index in [1.165, 1.54) is 69.8 Å². The molecule has 2 amide bonds. The summed E-state index contributed by atoms with van der Waals surface area (Å²) in [4.78, 5) is 103. The molecule has 10 saturated carbocycles. The van der Waals surface area contributed by atoms with E-state index in [4.69, 9.17) is 41.2 Å². The molecule has 10 bridgehead atoms. The SMILES string of the molecule is CS(=O)(=O)Oc1ccc2c3c1OC1C(=O)CCC4(O)[C@@H](C2)N(CC2CC2)CC[C@]314.NC(=O)c1ccc2c(c1O)[C@]13CCN(CC4CC4)[C@H](C2)C1(O)CCC(=O)C3.NC(=O)c1ccc2c3c1OC1C(=O)CCC4(O)[C@@H](C2)N(CC2CC2)CC[C@]314.O=C1CCC2(O)[C@H]3Cc4ccc(O)c5c4[C@@]2(CCN3CC2CC2)C1O5.[C-]#[N+]c1ccc2c3c1OC1C(=O)CCC4(O)[C@@H](C2)N(CC2CC2)CC[C@]314. The van der Waals surface area contributed by atoms with Crippen molar-refractivity contribution in [3.63, 3.8) is 0 Å². The molecule has 5 saturated heterocycles. The van der Waals surface area contributed by atoms with Gasteiger partial charge in [-0.1, -0.05) is 36.4 Å². The first kappa shape index (κ1) is 86.6. The fourth-order valence-corrected chi connectivity index (χ4v) is 32.1. The topological polar surface area (TPSA) is 414 Å². The normalized spacial score (nSPS) is 38.7. The number of benzene rings is 5. The monoisotopic (exact) mass is 1850 g/mol. The minimum absolute atomic E-state index is 0.00364. The molecule has 15 aliphatic carbocycles. The van der Waals surface area contributed by atoms with Crippen LogP contribution in [0.3, 0.4) is 0 Å². The number of aliphatic hydroxyl groups is 5. The number of hydrogen-bond acceptors (Lipinski definition) is 26. The summed E-state index contributed by atoms with van der Waals surface area (Å²) >= 11 is 0. The zero-order valence-corrected chi connectivity index (χ0v) is 76.8. The number of rotatable bonds is 14. The molecule has 5 aromatic carbocycles. The van der Waals surface area contributed by atoms with Crippen LogP contribution in [-0.2, 0) is 93.3 Å². The second kappa shape index (κ2) is 29.6. The Morgan fingerprint density at radius 2 is 0.731 bits per heavy atom. The first-order chi connectivity index (χ1) is 64.2. The molecule has 29 nitrogen and oxygen atoms in total. The molecule has 29 rings (SSSR count). The maximum Gasteiger partial charge on any atom is 0.306 e. The van der Waals surface area contributed by atoms with Crippen molar-refractivity contribution in [2.24, 2.45) is 41.1 Å². The largest absolute Gasteiger partial charge is 0.507 e. The van der Waals surface area contributed by atoms with Gasteiger partial charge in [0.2, 0.25) is 5.69 Å². The number of likely N-dealkylation sites (tertiary alicyclic amines) is 5. The van der Waals surface area contributed by atoms with Crippen LogP contribution < -0.4 is 34.6 Å². The summed E-state index contributed by atoms with van der Waals surface area (Å²) < 4.78 is 53.2. The number of nitrogens with zero attached hydrogens (tertiary/aromatic N) is 6. The summed E-state index contributed by atoms with van der Waals surface area (Å²) in [6.07, 6.45) is 22.3. The van der Waals surface area contributed by atoms with Gasteiger partial charge in [0.15, 0.2) is 70.5 Å². The van der Waals surface area contributed by atoms with Crippen LogP contribution in [0, 0.1) is 36.2 Å². The van der Waals surface area contributed by atoms with Crippen LogP contribution in [0.5, 0.6) is 40.2 Å². The molecule has 11 N–H and O–H groups in total. The quantitative estimate of drug-likeness (QED) is 0.0391. The number of phenolic OH excluding ortho intramolecular Hbond substituents is 1. The van der Waals surface area contributed by atoms with Crippen LogP contribution >= 0.6 is 0 Å². The van der Waals surface area contributed by atoms with Gasteiger partial charge in [0, 0.05) is 129 Å². The van der Waals surface area contributed by atoms with E-state index in [0.29, 0.717) is 130 Å². The van der Waals surface area contributed by atoms with Gasteiger partial charge in [-0.05, 0) is 280 Å². The van der Waals surface area contributed by atoms with Crippen LogP contribution in [0.4, 0.5) is 5.69 Å². The van der Waals surface area contributed by atoms with E-state index in [0.717, 1.165) is 178 Å². The molecule has 24 aliphatic rings. The van der Waals surface area contributed by atoms with Gasteiger partial charge < -0.3 is 70.3 Å². The van der Waals surface area contributed by atoms with E-state index in [1.54, 1.807) is 24.3 Å². The summed E-state index contributed by atoms with van der Waals surface area (Å²) in [5, 5.41) is 81.4. The Bertz CT molecular complexity index is 6150. The highest BCUT2D eigenvalue weighted by Gasteiger charge is 2.79. The molecule has 9 heterocycles. The van der Waals surface area contributed by atoms with Crippen LogP contribution in [0.1, 0.15) is 243 Å². The molecule has 134 heavy (non-hydrogen) atoms. The predicted molar refractivity (Wildman–Crippen MR) is 483 cm³/mol. The molecule has 5 aromatic rings. The number of amides is 2. The number of piperidine rings is 5. The van der Waals surface area contributed by atoms with Crippen molar-refractivity contribution in [2.75, 3.05) is 71.7 Å². The number of ether oxygens (including phenoxy) is 4.